The number of carbonyl (C=O) groups excluding carboxylic acids is 1. The van der Waals surface area contributed by atoms with Crippen LogP contribution in [0.25, 0.3) is 16.5 Å². The second-order valence-electron chi connectivity index (χ2n) is 7.97. The van der Waals surface area contributed by atoms with Gasteiger partial charge in [-0.15, -0.1) is 0 Å². The minimum Gasteiger partial charge on any atom is -0.404 e. The van der Waals surface area contributed by atoms with Crippen molar-refractivity contribution in [3.63, 3.8) is 0 Å². The molecule has 1 saturated carbocycles. The zero-order chi connectivity index (χ0) is 21.1. The fourth-order valence-electron chi connectivity index (χ4n) is 3.74. The molecule has 8 heteroatoms. The highest BCUT2D eigenvalue weighted by atomic mass is 32.2. The van der Waals surface area contributed by atoms with Crippen molar-refractivity contribution in [3.8, 4) is 0 Å². The van der Waals surface area contributed by atoms with Crippen LogP contribution in [-0.4, -0.2) is 45.4 Å². The van der Waals surface area contributed by atoms with Crippen LogP contribution in [0.5, 0.6) is 0 Å². The van der Waals surface area contributed by atoms with E-state index < -0.39 is 10.8 Å². The number of pyridine rings is 1. The second-order valence-corrected chi connectivity index (χ2v) is 9.66. The highest BCUT2D eigenvalue weighted by molar-refractivity contribution is 7.85. The number of anilines is 1. The number of benzene rings is 1. The van der Waals surface area contributed by atoms with Crippen LogP contribution in [0.3, 0.4) is 0 Å². The van der Waals surface area contributed by atoms with Crippen molar-refractivity contribution in [2.75, 3.05) is 23.4 Å². The van der Waals surface area contributed by atoms with Crippen molar-refractivity contribution in [2.24, 2.45) is 11.7 Å². The van der Waals surface area contributed by atoms with Gasteiger partial charge in [0.1, 0.15) is 0 Å². The van der Waals surface area contributed by atoms with Gasteiger partial charge in [-0.1, -0.05) is 6.07 Å². The number of rotatable bonds is 7. The van der Waals surface area contributed by atoms with Crippen molar-refractivity contribution in [1.82, 2.24) is 10.3 Å². The molecule has 0 radical (unpaired) electrons. The number of aromatic nitrogens is 1. The Morgan fingerprint density at radius 3 is 2.70 bits per heavy atom. The van der Waals surface area contributed by atoms with Gasteiger partial charge in [-0.2, -0.15) is 0 Å². The Morgan fingerprint density at radius 2 is 2.03 bits per heavy atom. The number of carbonyl (C=O) groups is 1. The number of allylic oxidation sites excluding steroid dienone is 1. The zero-order valence-electron chi connectivity index (χ0n) is 16.8. The molecular weight excluding hydrogens is 398 g/mol. The molecule has 2 aromatic rings. The Bertz CT molecular complexity index is 1020. The van der Waals surface area contributed by atoms with Gasteiger partial charge >= 0.3 is 0 Å². The molecule has 4 rings (SSSR count). The summed E-state index contributed by atoms with van der Waals surface area (Å²) in [7, 11) is -0.700. The lowest BCUT2D eigenvalue weighted by Crippen LogP contribution is -2.33. The molecule has 2 heterocycles. The maximum absolute atomic E-state index is 13.0. The van der Waals surface area contributed by atoms with E-state index in [4.69, 9.17) is 11.1 Å². The summed E-state index contributed by atoms with van der Waals surface area (Å²) in [4.78, 5) is 17.5. The molecule has 2 aliphatic rings. The molecular formula is C22H27N5O2S. The van der Waals surface area contributed by atoms with Gasteiger partial charge in [0.15, 0.2) is 0 Å². The van der Waals surface area contributed by atoms with Crippen LogP contribution < -0.4 is 16.4 Å². The molecule has 5 N–H and O–H groups in total. The lowest BCUT2D eigenvalue weighted by Gasteiger charge is -2.22. The van der Waals surface area contributed by atoms with Crippen LogP contribution in [0.4, 0.5) is 5.69 Å². The van der Waals surface area contributed by atoms with Crippen molar-refractivity contribution >= 4 is 45.1 Å². The summed E-state index contributed by atoms with van der Waals surface area (Å²) in [6.45, 7) is 0.588. The molecule has 1 aromatic heterocycles. The monoisotopic (exact) mass is 425 g/mol. The van der Waals surface area contributed by atoms with E-state index >= 15 is 0 Å². The number of hydrogen-bond acceptors (Lipinski definition) is 6. The summed E-state index contributed by atoms with van der Waals surface area (Å²) in [5.41, 5.74) is 9.18. The molecule has 0 atom stereocenters. The van der Waals surface area contributed by atoms with Crippen LogP contribution >= 0.6 is 0 Å². The van der Waals surface area contributed by atoms with Crippen LogP contribution in [0.15, 0.2) is 30.6 Å². The van der Waals surface area contributed by atoms with Gasteiger partial charge in [-0.25, -0.2) is 0 Å². The highest BCUT2D eigenvalue weighted by Gasteiger charge is 2.26. The van der Waals surface area contributed by atoms with Gasteiger partial charge in [0.2, 0.25) is 0 Å². The van der Waals surface area contributed by atoms with Crippen molar-refractivity contribution in [1.29, 1.82) is 5.41 Å². The first-order valence-corrected chi connectivity index (χ1v) is 11.8. The van der Waals surface area contributed by atoms with E-state index in [1.807, 2.05) is 18.2 Å². The van der Waals surface area contributed by atoms with E-state index in [1.165, 1.54) is 12.4 Å². The fraction of sp³-hybridized carbons (Fsp3) is 0.409. The largest absolute Gasteiger partial charge is 0.404 e. The number of amides is 1. The van der Waals surface area contributed by atoms with Crippen molar-refractivity contribution in [2.45, 2.75) is 31.7 Å². The third kappa shape index (κ3) is 4.53. The minimum atomic E-state index is -0.700. The molecule has 1 amide bonds. The summed E-state index contributed by atoms with van der Waals surface area (Å²) < 4.78 is 11.5. The Morgan fingerprint density at radius 1 is 1.27 bits per heavy atom. The maximum atomic E-state index is 13.0. The van der Waals surface area contributed by atoms with Crippen LogP contribution in [0.2, 0.25) is 0 Å². The molecule has 1 aliphatic carbocycles. The van der Waals surface area contributed by atoms with Crippen LogP contribution in [-0.2, 0) is 10.8 Å². The Hall–Kier alpha value is -2.74. The van der Waals surface area contributed by atoms with Gasteiger partial charge < -0.3 is 21.8 Å². The average Bonchev–Trinajstić information content (AvgIpc) is 3.58. The zero-order valence-corrected chi connectivity index (χ0v) is 17.6. The molecule has 7 nitrogen and oxygen atoms in total. The normalized spacial score (nSPS) is 21.9. The summed E-state index contributed by atoms with van der Waals surface area (Å²) in [6, 6.07) is 6.07. The van der Waals surface area contributed by atoms with Crippen LogP contribution in [0, 0.1) is 11.3 Å². The molecule has 1 aromatic carbocycles. The molecule has 0 bridgehead atoms. The summed E-state index contributed by atoms with van der Waals surface area (Å²) in [5, 5.41) is 15.0. The lowest BCUT2D eigenvalue weighted by molar-refractivity contribution is 0.0947. The van der Waals surface area contributed by atoms with E-state index in [2.05, 4.69) is 15.6 Å². The highest BCUT2D eigenvalue weighted by Crippen LogP contribution is 2.33. The Kier molecular flexibility index (Phi) is 6.13. The second kappa shape index (κ2) is 8.95. The molecule has 30 heavy (non-hydrogen) atoms. The summed E-state index contributed by atoms with van der Waals surface area (Å²) in [6.07, 6.45) is 8.19. The Balaban J connectivity index is 1.63. The minimum absolute atomic E-state index is 0.147. The predicted molar refractivity (Wildman–Crippen MR) is 122 cm³/mol. The number of nitrogens with two attached hydrogens (primary N) is 1. The first-order valence-electron chi connectivity index (χ1n) is 10.3. The first kappa shape index (κ1) is 20.5. The van der Waals surface area contributed by atoms with E-state index in [9.17, 15) is 9.00 Å². The van der Waals surface area contributed by atoms with E-state index in [1.54, 1.807) is 6.20 Å². The average molecular weight is 426 g/mol. The van der Waals surface area contributed by atoms with Gasteiger partial charge in [0.25, 0.3) is 5.91 Å². The van der Waals surface area contributed by atoms with E-state index in [0.717, 1.165) is 59.3 Å². The Labute approximate surface area is 178 Å². The number of nitrogens with zero attached hydrogens (tertiary/aromatic N) is 1. The van der Waals surface area contributed by atoms with Crippen molar-refractivity contribution in [3.05, 3.63) is 41.7 Å². The summed E-state index contributed by atoms with van der Waals surface area (Å²) in [5.74, 6) is 1.67. The lowest BCUT2D eigenvalue weighted by atomic mass is 10.0. The van der Waals surface area contributed by atoms with Crippen molar-refractivity contribution < 1.29 is 9.00 Å². The first-order chi connectivity index (χ1) is 14.6. The van der Waals surface area contributed by atoms with E-state index in [-0.39, 0.29) is 5.91 Å². The smallest absolute Gasteiger partial charge is 0.254 e. The van der Waals surface area contributed by atoms with Gasteiger partial charge in [-0.3, -0.25) is 14.0 Å². The molecule has 0 spiro atoms. The topological polar surface area (TPSA) is 121 Å². The molecule has 0 unspecified atom stereocenters. The standard InChI is InChI=1S/C22H27N5O2S/c23-10-16(11-24)15-1-4-20-18(9-15)21(27-17-2-3-17)19(13-25-20)22(28)26-12-14-5-7-30(29)8-6-14/h1,4,9-11,13-14,17,23H,2-3,5-8,12,24H2,(H,25,27)(H,26,28)/b16-11+,23-10?. The van der Waals surface area contributed by atoms with Gasteiger partial charge in [-0.05, 0) is 49.3 Å². The van der Waals surface area contributed by atoms with E-state index in [0.29, 0.717) is 29.6 Å². The van der Waals surface area contributed by atoms with Crippen LogP contribution in [0.1, 0.15) is 41.6 Å². The molecule has 1 saturated heterocycles. The molecule has 158 valence electrons. The number of hydrogen-bond donors (Lipinski definition) is 4. The van der Waals surface area contributed by atoms with Gasteiger partial charge in [0, 0.05) is 64.5 Å². The predicted octanol–water partition coefficient (Wildman–Crippen LogP) is 2.65. The third-order valence-corrected chi connectivity index (χ3v) is 7.15. The number of nitrogens with one attached hydrogen (secondary N) is 3. The third-order valence-electron chi connectivity index (χ3n) is 5.77. The molecule has 1 aliphatic heterocycles. The SMILES string of the molecule is N=C/C(=C\N)c1ccc2ncc(C(=O)NCC3CCS(=O)CC3)c(NC3CC3)c2c1. The maximum Gasteiger partial charge on any atom is 0.254 e. The number of fused-ring (bicyclic) bond motifs is 1. The summed E-state index contributed by atoms with van der Waals surface area (Å²) >= 11 is 0. The van der Waals surface area contributed by atoms with Gasteiger partial charge in [0.05, 0.1) is 16.8 Å². The molecule has 2 fully saturated rings. The fourth-order valence-corrected chi connectivity index (χ4v) is 5.13. The quantitative estimate of drug-likeness (QED) is 0.508.